The first kappa shape index (κ1) is 13.6. The van der Waals surface area contributed by atoms with Crippen molar-refractivity contribution in [2.45, 2.75) is 38.5 Å². The molecule has 0 amide bonds. The van der Waals surface area contributed by atoms with Crippen molar-refractivity contribution in [3.05, 3.63) is 35.4 Å². The summed E-state index contributed by atoms with van der Waals surface area (Å²) in [6.07, 6.45) is 3.28. The Morgan fingerprint density at radius 1 is 1.19 bits per heavy atom. The smallest absolute Gasteiger partial charge is 0.0292 e. The first-order chi connectivity index (χ1) is 7.67. The lowest BCUT2D eigenvalue weighted by molar-refractivity contribution is 0.576. The molecular weight excluding hydrogens is 214 g/mol. The minimum Gasteiger partial charge on any atom is -0.309 e. The highest BCUT2D eigenvalue weighted by molar-refractivity contribution is 7.99. The SMILES string of the molecule is CCc1ccc(C(C)NCC(C)SC)cc1. The van der Waals surface area contributed by atoms with Crippen molar-refractivity contribution in [1.82, 2.24) is 5.32 Å². The molecule has 0 aromatic heterocycles. The Balaban J connectivity index is 2.49. The maximum Gasteiger partial charge on any atom is 0.0292 e. The van der Waals surface area contributed by atoms with Crippen molar-refractivity contribution in [2.24, 2.45) is 0 Å². The second-order valence-electron chi connectivity index (χ2n) is 4.27. The summed E-state index contributed by atoms with van der Waals surface area (Å²) in [5.74, 6) is 0. The van der Waals surface area contributed by atoms with Crippen LogP contribution >= 0.6 is 11.8 Å². The highest BCUT2D eigenvalue weighted by Gasteiger charge is 2.06. The summed E-state index contributed by atoms with van der Waals surface area (Å²) in [5.41, 5.74) is 2.79. The molecule has 0 aliphatic heterocycles. The molecule has 0 aliphatic carbocycles. The Kier molecular flexibility index (Phi) is 5.93. The first-order valence-corrected chi connectivity index (χ1v) is 7.31. The summed E-state index contributed by atoms with van der Waals surface area (Å²) in [4.78, 5) is 0. The fourth-order valence-corrected chi connectivity index (χ4v) is 1.85. The molecule has 1 nitrogen and oxygen atoms in total. The molecule has 0 radical (unpaired) electrons. The average Bonchev–Trinajstić information content (AvgIpc) is 2.35. The number of hydrogen-bond donors (Lipinski definition) is 1. The lowest BCUT2D eigenvalue weighted by Crippen LogP contribution is -2.25. The molecular formula is C14H23NS. The Morgan fingerprint density at radius 3 is 2.31 bits per heavy atom. The van der Waals surface area contributed by atoms with Gasteiger partial charge in [-0.25, -0.2) is 0 Å². The van der Waals surface area contributed by atoms with Gasteiger partial charge in [0.05, 0.1) is 0 Å². The minimum atomic E-state index is 0.445. The van der Waals surface area contributed by atoms with Crippen LogP contribution in [0.15, 0.2) is 24.3 Å². The molecule has 2 heteroatoms. The molecule has 1 N–H and O–H groups in total. The van der Waals surface area contributed by atoms with Crippen LogP contribution in [0, 0.1) is 0 Å². The third-order valence-electron chi connectivity index (χ3n) is 3.00. The van der Waals surface area contributed by atoms with Gasteiger partial charge in [0, 0.05) is 17.8 Å². The maximum absolute atomic E-state index is 3.57. The van der Waals surface area contributed by atoms with Crippen LogP contribution < -0.4 is 5.32 Å². The van der Waals surface area contributed by atoms with Crippen molar-refractivity contribution in [2.75, 3.05) is 12.8 Å². The van der Waals surface area contributed by atoms with E-state index in [1.54, 1.807) is 0 Å². The van der Waals surface area contributed by atoms with Gasteiger partial charge in [-0.3, -0.25) is 0 Å². The van der Waals surface area contributed by atoms with E-state index in [1.165, 1.54) is 11.1 Å². The molecule has 1 aromatic rings. The van der Waals surface area contributed by atoms with E-state index in [4.69, 9.17) is 0 Å². The van der Waals surface area contributed by atoms with Crippen molar-refractivity contribution >= 4 is 11.8 Å². The van der Waals surface area contributed by atoms with Crippen molar-refractivity contribution < 1.29 is 0 Å². The number of benzene rings is 1. The number of hydrogen-bond acceptors (Lipinski definition) is 2. The number of nitrogens with one attached hydrogen (secondary N) is 1. The van der Waals surface area contributed by atoms with Gasteiger partial charge >= 0.3 is 0 Å². The van der Waals surface area contributed by atoms with Crippen molar-refractivity contribution in [3.63, 3.8) is 0 Å². The predicted octanol–water partition coefficient (Wildman–Crippen LogP) is 3.65. The van der Waals surface area contributed by atoms with E-state index < -0.39 is 0 Å². The second-order valence-corrected chi connectivity index (χ2v) is 5.55. The largest absolute Gasteiger partial charge is 0.309 e. The topological polar surface area (TPSA) is 12.0 Å². The van der Waals surface area contributed by atoms with Gasteiger partial charge in [-0.2, -0.15) is 11.8 Å². The van der Waals surface area contributed by atoms with Crippen LogP contribution in [0.25, 0.3) is 0 Å². The van der Waals surface area contributed by atoms with Crippen LogP contribution in [0.2, 0.25) is 0 Å². The van der Waals surface area contributed by atoms with Crippen LogP contribution in [0.4, 0.5) is 0 Å². The van der Waals surface area contributed by atoms with Crippen LogP contribution in [-0.4, -0.2) is 18.1 Å². The Bertz CT molecular complexity index is 294. The van der Waals surface area contributed by atoms with Gasteiger partial charge < -0.3 is 5.32 Å². The van der Waals surface area contributed by atoms with Crippen LogP contribution in [-0.2, 0) is 6.42 Å². The van der Waals surface area contributed by atoms with Gasteiger partial charge in [-0.05, 0) is 30.7 Å². The fraction of sp³-hybridized carbons (Fsp3) is 0.571. The lowest BCUT2D eigenvalue weighted by Gasteiger charge is -2.17. The molecule has 0 saturated heterocycles. The van der Waals surface area contributed by atoms with E-state index in [9.17, 15) is 0 Å². The molecule has 16 heavy (non-hydrogen) atoms. The quantitative estimate of drug-likeness (QED) is 0.810. The number of thioether (sulfide) groups is 1. The van der Waals surface area contributed by atoms with E-state index in [-0.39, 0.29) is 0 Å². The third kappa shape index (κ3) is 4.18. The zero-order valence-corrected chi connectivity index (χ0v) is 11.6. The molecule has 0 aliphatic rings. The molecule has 0 spiro atoms. The molecule has 0 bridgehead atoms. The van der Waals surface area contributed by atoms with E-state index in [2.05, 4.69) is 56.6 Å². The van der Waals surface area contributed by atoms with Gasteiger partial charge in [0.15, 0.2) is 0 Å². The number of rotatable bonds is 6. The normalized spacial score (nSPS) is 14.8. The van der Waals surface area contributed by atoms with E-state index in [0.717, 1.165) is 13.0 Å². The van der Waals surface area contributed by atoms with Crippen LogP contribution in [0.3, 0.4) is 0 Å². The molecule has 2 unspecified atom stereocenters. The van der Waals surface area contributed by atoms with Gasteiger partial charge in [-0.1, -0.05) is 38.1 Å². The molecule has 0 saturated carbocycles. The third-order valence-corrected chi connectivity index (χ3v) is 3.97. The Labute approximate surface area is 104 Å². The molecule has 1 rings (SSSR count). The average molecular weight is 237 g/mol. The Morgan fingerprint density at radius 2 is 1.81 bits per heavy atom. The molecule has 0 heterocycles. The summed E-state index contributed by atoms with van der Waals surface area (Å²) in [5, 5.41) is 4.24. The number of aryl methyl sites for hydroxylation is 1. The van der Waals surface area contributed by atoms with Gasteiger partial charge in [0.2, 0.25) is 0 Å². The van der Waals surface area contributed by atoms with E-state index in [1.807, 2.05) is 11.8 Å². The second kappa shape index (κ2) is 6.97. The highest BCUT2D eigenvalue weighted by Crippen LogP contribution is 2.14. The summed E-state index contributed by atoms with van der Waals surface area (Å²) in [6.45, 7) is 7.74. The Hall–Kier alpha value is -0.470. The summed E-state index contributed by atoms with van der Waals surface area (Å²) in [7, 11) is 0. The van der Waals surface area contributed by atoms with E-state index in [0.29, 0.717) is 11.3 Å². The maximum atomic E-state index is 3.57. The van der Waals surface area contributed by atoms with Crippen molar-refractivity contribution in [1.29, 1.82) is 0 Å². The van der Waals surface area contributed by atoms with Gasteiger partial charge in [0.1, 0.15) is 0 Å². The summed E-state index contributed by atoms with van der Waals surface area (Å²) < 4.78 is 0. The van der Waals surface area contributed by atoms with E-state index >= 15 is 0 Å². The summed E-state index contributed by atoms with van der Waals surface area (Å²) in [6, 6.07) is 9.37. The monoisotopic (exact) mass is 237 g/mol. The van der Waals surface area contributed by atoms with Crippen LogP contribution in [0.1, 0.15) is 37.9 Å². The van der Waals surface area contributed by atoms with Crippen molar-refractivity contribution in [3.8, 4) is 0 Å². The molecule has 90 valence electrons. The molecule has 2 atom stereocenters. The predicted molar refractivity (Wildman–Crippen MR) is 75.2 cm³/mol. The van der Waals surface area contributed by atoms with Crippen LogP contribution in [0.5, 0.6) is 0 Å². The fourth-order valence-electron chi connectivity index (χ4n) is 1.59. The highest BCUT2D eigenvalue weighted by atomic mass is 32.2. The summed E-state index contributed by atoms with van der Waals surface area (Å²) >= 11 is 1.91. The molecule has 1 aromatic carbocycles. The first-order valence-electron chi connectivity index (χ1n) is 6.02. The van der Waals surface area contributed by atoms with Gasteiger partial charge in [-0.15, -0.1) is 0 Å². The molecule has 0 fully saturated rings. The zero-order valence-electron chi connectivity index (χ0n) is 10.8. The lowest BCUT2D eigenvalue weighted by atomic mass is 10.1. The standard InChI is InChI=1S/C14H23NS/c1-5-13-6-8-14(9-7-13)12(3)15-10-11(2)16-4/h6-9,11-12,15H,5,10H2,1-4H3. The zero-order chi connectivity index (χ0) is 12.0. The van der Waals surface area contributed by atoms with Gasteiger partial charge in [0.25, 0.3) is 0 Å². The minimum absolute atomic E-state index is 0.445.